The van der Waals surface area contributed by atoms with Gasteiger partial charge in [-0.1, -0.05) is 25.6 Å². The van der Waals surface area contributed by atoms with E-state index >= 15 is 0 Å². The molecular weight excluding hydrogens is 385 g/mol. The van der Waals surface area contributed by atoms with Crippen LogP contribution in [-0.2, 0) is 0 Å². The van der Waals surface area contributed by atoms with Gasteiger partial charge < -0.3 is 4.90 Å². The monoisotopic (exact) mass is 409 g/mol. The molecule has 0 N–H and O–H groups in total. The third-order valence-electron chi connectivity index (χ3n) is 5.17. The predicted molar refractivity (Wildman–Crippen MR) is 118 cm³/mol. The fraction of sp³-hybridized carbons (Fsp3) is 0.348. The van der Waals surface area contributed by atoms with Gasteiger partial charge >= 0.3 is 0 Å². The van der Waals surface area contributed by atoms with E-state index in [1.165, 1.54) is 23.9 Å². The number of fused-ring (bicyclic) bond motifs is 1. The summed E-state index contributed by atoms with van der Waals surface area (Å²) in [6.07, 6.45) is 2.21. The number of anilines is 1. The number of hydrogen-bond donors (Lipinski definition) is 0. The van der Waals surface area contributed by atoms with Crippen molar-refractivity contribution in [3.8, 4) is 11.3 Å². The van der Waals surface area contributed by atoms with Crippen molar-refractivity contribution in [2.45, 2.75) is 44.9 Å². The molecule has 6 heteroatoms. The van der Waals surface area contributed by atoms with E-state index in [0.29, 0.717) is 17.1 Å². The largest absolute Gasteiger partial charge is 0.352 e. The maximum atomic E-state index is 13.4. The van der Waals surface area contributed by atoms with Crippen LogP contribution in [0.3, 0.4) is 0 Å². The van der Waals surface area contributed by atoms with E-state index in [-0.39, 0.29) is 16.2 Å². The van der Waals surface area contributed by atoms with E-state index in [4.69, 9.17) is 9.97 Å². The molecule has 0 amide bonds. The summed E-state index contributed by atoms with van der Waals surface area (Å²) < 4.78 is 13.4. The number of rotatable bonds is 4. The molecule has 29 heavy (non-hydrogen) atoms. The molecule has 1 saturated heterocycles. The van der Waals surface area contributed by atoms with Gasteiger partial charge in [0.15, 0.2) is 5.82 Å². The highest BCUT2D eigenvalue weighted by Gasteiger charge is 2.26. The van der Waals surface area contributed by atoms with Crippen molar-refractivity contribution in [3.63, 3.8) is 0 Å². The Morgan fingerprint density at radius 3 is 2.55 bits per heavy atom. The minimum atomic E-state index is -0.274. The van der Waals surface area contributed by atoms with E-state index < -0.39 is 0 Å². The van der Waals surface area contributed by atoms with Crippen LogP contribution < -0.4 is 4.90 Å². The molecule has 1 aromatic heterocycles. The molecule has 4 rings (SSSR count). The summed E-state index contributed by atoms with van der Waals surface area (Å²) >= 11 is 1.31. The molecule has 0 aliphatic carbocycles. The van der Waals surface area contributed by atoms with Gasteiger partial charge in [0.05, 0.1) is 11.0 Å². The molecule has 2 heterocycles. The van der Waals surface area contributed by atoms with Gasteiger partial charge in [-0.15, -0.1) is 0 Å². The lowest BCUT2D eigenvalue weighted by Crippen LogP contribution is -2.28. The van der Waals surface area contributed by atoms with Crippen LogP contribution in [0.1, 0.15) is 44.0 Å². The van der Waals surface area contributed by atoms with Gasteiger partial charge in [0.2, 0.25) is 5.12 Å². The Labute approximate surface area is 174 Å². The summed E-state index contributed by atoms with van der Waals surface area (Å²) in [6.45, 7) is 7.11. The molecule has 1 aliphatic rings. The van der Waals surface area contributed by atoms with Crippen LogP contribution in [0.15, 0.2) is 42.5 Å². The Bertz CT molecular complexity index is 1050. The number of thioether (sulfide) groups is 1. The lowest BCUT2D eigenvalue weighted by Gasteiger charge is -2.25. The number of hydrogen-bond acceptors (Lipinski definition) is 5. The fourth-order valence-electron chi connectivity index (χ4n) is 3.70. The number of benzene rings is 2. The molecule has 0 radical (unpaired) electrons. The second kappa shape index (κ2) is 8.11. The van der Waals surface area contributed by atoms with Crippen LogP contribution in [0.5, 0.6) is 0 Å². The highest BCUT2D eigenvalue weighted by molar-refractivity contribution is 8.14. The second-order valence-corrected chi connectivity index (χ2v) is 9.29. The van der Waals surface area contributed by atoms with Gasteiger partial charge in [-0.3, -0.25) is 4.79 Å². The standard InChI is InChI=1S/C23H24FN3OS/c1-14(2)29-23(28)17-8-11-19-20(13-17)26-22(27-12-4-5-15(27)3)21(25-19)16-6-9-18(24)10-7-16/h6-11,13-15H,4-5,12H2,1-3H3/t15-/m0/s1. The Kier molecular flexibility index (Phi) is 5.54. The van der Waals surface area contributed by atoms with Crippen molar-refractivity contribution in [1.29, 1.82) is 0 Å². The van der Waals surface area contributed by atoms with Crippen molar-refractivity contribution >= 4 is 33.7 Å². The molecule has 2 aromatic carbocycles. The highest BCUT2D eigenvalue weighted by Crippen LogP contribution is 2.34. The Morgan fingerprint density at radius 1 is 1.14 bits per heavy atom. The Balaban J connectivity index is 1.85. The van der Waals surface area contributed by atoms with Crippen molar-refractivity contribution in [2.24, 2.45) is 0 Å². The molecule has 0 bridgehead atoms. The first-order chi connectivity index (χ1) is 13.9. The summed E-state index contributed by atoms with van der Waals surface area (Å²) in [7, 11) is 0. The fourth-order valence-corrected chi connectivity index (χ4v) is 4.39. The van der Waals surface area contributed by atoms with Crippen molar-refractivity contribution < 1.29 is 9.18 Å². The van der Waals surface area contributed by atoms with Crippen LogP contribution in [0.25, 0.3) is 22.3 Å². The lowest BCUT2D eigenvalue weighted by atomic mass is 10.1. The lowest BCUT2D eigenvalue weighted by molar-refractivity contribution is 0.108. The minimum absolute atomic E-state index is 0.0439. The third kappa shape index (κ3) is 4.13. The predicted octanol–water partition coefficient (Wildman–Crippen LogP) is 5.71. The van der Waals surface area contributed by atoms with Crippen LogP contribution in [-0.4, -0.2) is 32.9 Å². The van der Waals surface area contributed by atoms with Crippen LogP contribution >= 0.6 is 11.8 Å². The summed E-state index contributed by atoms with van der Waals surface area (Å²) in [4.78, 5) is 24.6. The molecule has 0 spiro atoms. The third-order valence-corrected chi connectivity index (χ3v) is 6.09. The summed E-state index contributed by atoms with van der Waals surface area (Å²) in [6, 6.07) is 12.2. The van der Waals surface area contributed by atoms with Gasteiger partial charge in [-0.05, 0) is 62.2 Å². The summed E-state index contributed by atoms with van der Waals surface area (Å²) in [5, 5.41) is 0.272. The van der Waals surface area contributed by atoms with Crippen LogP contribution in [0.4, 0.5) is 10.2 Å². The first-order valence-electron chi connectivity index (χ1n) is 9.98. The molecule has 4 nitrogen and oxygen atoms in total. The molecule has 1 atom stereocenters. The molecule has 150 valence electrons. The van der Waals surface area contributed by atoms with Gasteiger partial charge in [-0.2, -0.15) is 0 Å². The van der Waals surface area contributed by atoms with E-state index in [1.807, 2.05) is 26.0 Å². The molecule has 3 aromatic rings. The van der Waals surface area contributed by atoms with E-state index in [0.717, 1.165) is 42.0 Å². The molecule has 0 unspecified atom stereocenters. The maximum Gasteiger partial charge on any atom is 0.219 e. The van der Waals surface area contributed by atoms with Gasteiger partial charge in [0.25, 0.3) is 0 Å². The first-order valence-corrected chi connectivity index (χ1v) is 10.9. The second-order valence-electron chi connectivity index (χ2n) is 7.74. The van der Waals surface area contributed by atoms with Crippen LogP contribution in [0, 0.1) is 5.82 Å². The average Bonchev–Trinajstić information content (AvgIpc) is 3.12. The zero-order valence-electron chi connectivity index (χ0n) is 16.9. The van der Waals surface area contributed by atoms with Gasteiger partial charge in [0.1, 0.15) is 11.5 Å². The first kappa shape index (κ1) is 19.8. The number of nitrogens with zero attached hydrogens (tertiary/aromatic N) is 3. The van der Waals surface area contributed by atoms with Crippen LogP contribution in [0.2, 0.25) is 0 Å². The van der Waals surface area contributed by atoms with Gasteiger partial charge in [0, 0.05) is 29.0 Å². The summed E-state index contributed by atoms with van der Waals surface area (Å²) in [5.74, 6) is 0.527. The number of carbonyl (C=O) groups is 1. The molecule has 1 aliphatic heterocycles. The smallest absolute Gasteiger partial charge is 0.219 e. The number of halogens is 1. The van der Waals surface area contributed by atoms with Gasteiger partial charge in [-0.25, -0.2) is 14.4 Å². The zero-order valence-corrected chi connectivity index (χ0v) is 17.7. The van der Waals surface area contributed by atoms with Crippen molar-refractivity contribution in [2.75, 3.05) is 11.4 Å². The zero-order chi connectivity index (χ0) is 20.5. The van der Waals surface area contributed by atoms with E-state index in [9.17, 15) is 9.18 Å². The average molecular weight is 410 g/mol. The van der Waals surface area contributed by atoms with Crippen molar-refractivity contribution in [3.05, 3.63) is 53.8 Å². The van der Waals surface area contributed by atoms with E-state index in [2.05, 4.69) is 11.8 Å². The molecular formula is C23H24FN3OS. The molecule has 0 saturated carbocycles. The van der Waals surface area contributed by atoms with Crippen molar-refractivity contribution in [1.82, 2.24) is 9.97 Å². The normalized spacial score (nSPS) is 16.7. The molecule has 1 fully saturated rings. The Hall–Kier alpha value is -2.47. The number of carbonyl (C=O) groups excluding carboxylic acids is 1. The Morgan fingerprint density at radius 2 is 1.90 bits per heavy atom. The highest BCUT2D eigenvalue weighted by atomic mass is 32.2. The minimum Gasteiger partial charge on any atom is -0.352 e. The SMILES string of the molecule is CC(C)SC(=O)c1ccc2nc(-c3ccc(F)cc3)c(N3CCC[C@@H]3C)nc2c1. The number of aromatic nitrogens is 2. The summed E-state index contributed by atoms with van der Waals surface area (Å²) in [5.41, 5.74) is 3.67. The van der Waals surface area contributed by atoms with E-state index in [1.54, 1.807) is 18.2 Å². The maximum absolute atomic E-state index is 13.4. The quantitative estimate of drug-likeness (QED) is 0.553. The topological polar surface area (TPSA) is 46.1 Å².